The number of hydrogen-bond acceptors (Lipinski definition) is 3. The molecule has 1 rings (SSSR count). The third kappa shape index (κ3) is 2.20. The highest BCUT2D eigenvalue weighted by molar-refractivity contribution is 7.81. The highest BCUT2D eigenvalue weighted by atomic mass is 35.7. The molecule has 0 aromatic carbocycles. The van der Waals surface area contributed by atoms with Crippen molar-refractivity contribution >= 4 is 18.2 Å². The standard InChI is InChI=1S/C4H7ClFO3P/c1-4(6)2-8-10(5,7)9-3-4/h2-3H2,1H3. The van der Waals surface area contributed by atoms with E-state index in [4.69, 9.17) is 11.2 Å². The molecule has 0 N–H and O–H groups in total. The first-order chi connectivity index (χ1) is 4.41. The maximum Gasteiger partial charge on any atom is 0.424 e. The minimum atomic E-state index is -3.43. The molecule has 0 atom stereocenters. The first-order valence-electron chi connectivity index (χ1n) is 2.69. The minimum Gasteiger partial charge on any atom is -0.293 e. The van der Waals surface area contributed by atoms with Crippen LogP contribution in [0.15, 0.2) is 0 Å². The van der Waals surface area contributed by atoms with E-state index in [1.807, 2.05) is 0 Å². The van der Waals surface area contributed by atoms with Gasteiger partial charge in [-0.05, 0) is 6.92 Å². The van der Waals surface area contributed by atoms with Gasteiger partial charge in [0.2, 0.25) is 0 Å². The molecule has 1 heterocycles. The van der Waals surface area contributed by atoms with Gasteiger partial charge in [0.1, 0.15) is 0 Å². The lowest BCUT2D eigenvalue weighted by atomic mass is 10.2. The summed E-state index contributed by atoms with van der Waals surface area (Å²) >= 11 is 5.14. The quantitative estimate of drug-likeness (QED) is 0.546. The third-order valence-corrected chi connectivity index (χ3v) is 2.50. The Morgan fingerprint density at radius 1 is 1.60 bits per heavy atom. The summed E-state index contributed by atoms with van der Waals surface area (Å²) in [5, 5.41) is 0. The summed E-state index contributed by atoms with van der Waals surface area (Å²) in [5.74, 6) is 0. The molecule has 0 unspecified atom stereocenters. The molecule has 1 fully saturated rings. The van der Waals surface area contributed by atoms with E-state index in [-0.39, 0.29) is 13.2 Å². The first-order valence-corrected chi connectivity index (χ1v) is 5.14. The van der Waals surface area contributed by atoms with Crippen LogP contribution in [-0.4, -0.2) is 18.9 Å². The van der Waals surface area contributed by atoms with E-state index in [0.717, 1.165) is 0 Å². The molecule has 60 valence electrons. The van der Waals surface area contributed by atoms with E-state index in [1.54, 1.807) is 0 Å². The summed E-state index contributed by atoms with van der Waals surface area (Å²) in [6, 6.07) is 0. The molecule has 0 aromatic rings. The summed E-state index contributed by atoms with van der Waals surface area (Å²) in [7, 11) is 0. The Kier molecular flexibility index (Phi) is 2.07. The van der Waals surface area contributed by atoms with E-state index >= 15 is 0 Å². The minimum absolute atomic E-state index is 0.270. The van der Waals surface area contributed by atoms with Gasteiger partial charge >= 0.3 is 6.95 Å². The molecule has 1 aliphatic heterocycles. The van der Waals surface area contributed by atoms with Crippen LogP contribution in [0.4, 0.5) is 4.39 Å². The fourth-order valence-corrected chi connectivity index (χ4v) is 1.72. The Balaban J connectivity index is 2.54. The summed E-state index contributed by atoms with van der Waals surface area (Å²) in [5.41, 5.74) is -1.57. The van der Waals surface area contributed by atoms with Crippen molar-refractivity contribution in [2.75, 3.05) is 13.2 Å². The fraction of sp³-hybridized carbons (Fsp3) is 1.00. The maximum atomic E-state index is 12.8. The molecule has 6 heteroatoms. The number of halogens is 2. The maximum absolute atomic E-state index is 12.8. The predicted molar refractivity (Wildman–Crippen MR) is 34.9 cm³/mol. The van der Waals surface area contributed by atoms with Crippen LogP contribution in [0.3, 0.4) is 0 Å². The van der Waals surface area contributed by atoms with Gasteiger partial charge in [0.25, 0.3) is 0 Å². The van der Waals surface area contributed by atoms with Gasteiger partial charge < -0.3 is 0 Å². The van der Waals surface area contributed by atoms with Crippen molar-refractivity contribution < 1.29 is 18.0 Å². The molecule has 0 aliphatic carbocycles. The highest BCUT2D eigenvalue weighted by Gasteiger charge is 2.38. The van der Waals surface area contributed by atoms with Crippen molar-refractivity contribution in [3.63, 3.8) is 0 Å². The molecule has 10 heavy (non-hydrogen) atoms. The molecule has 0 spiro atoms. The largest absolute Gasteiger partial charge is 0.424 e. The smallest absolute Gasteiger partial charge is 0.293 e. The molecular weight excluding hydrogens is 181 g/mol. The Morgan fingerprint density at radius 2 is 2.00 bits per heavy atom. The van der Waals surface area contributed by atoms with Gasteiger partial charge in [-0.3, -0.25) is 9.05 Å². The van der Waals surface area contributed by atoms with Crippen LogP contribution in [-0.2, 0) is 13.6 Å². The molecule has 0 aromatic heterocycles. The molecule has 0 amide bonds. The lowest BCUT2D eigenvalue weighted by molar-refractivity contribution is 0.00600. The number of rotatable bonds is 0. The summed E-state index contributed by atoms with van der Waals surface area (Å²) in [6.45, 7) is -2.68. The zero-order valence-corrected chi connectivity index (χ0v) is 6.99. The van der Waals surface area contributed by atoms with Crippen molar-refractivity contribution in [3.8, 4) is 0 Å². The normalized spacial score (nSPS) is 49.1. The van der Waals surface area contributed by atoms with Crippen molar-refractivity contribution in [1.29, 1.82) is 0 Å². The van der Waals surface area contributed by atoms with Crippen molar-refractivity contribution in [3.05, 3.63) is 0 Å². The molecule has 0 saturated carbocycles. The molecular formula is C4H7ClFO3P. The van der Waals surface area contributed by atoms with Crippen LogP contribution >= 0.6 is 18.2 Å². The summed E-state index contributed by atoms with van der Waals surface area (Å²) < 4.78 is 32.3. The SMILES string of the molecule is CC1(F)COP(=O)(Cl)OC1. The van der Waals surface area contributed by atoms with Crippen LogP contribution in [0.5, 0.6) is 0 Å². The molecule has 1 saturated heterocycles. The summed E-state index contributed by atoms with van der Waals surface area (Å²) in [4.78, 5) is 0. The van der Waals surface area contributed by atoms with Gasteiger partial charge in [-0.2, -0.15) is 0 Å². The Morgan fingerprint density at radius 3 is 2.30 bits per heavy atom. The second-order valence-corrected chi connectivity index (χ2v) is 5.01. The predicted octanol–water partition coefficient (Wildman–Crippen LogP) is 2.11. The van der Waals surface area contributed by atoms with Gasteiger partial charge in [0, 0.05) is 11.2 Å². The molecule has 0 bridgehead atoms. The van der Waals surface area contributed by atoms with Crippen molar-refractivity contribution in [2.45, 2.75) is 12.6 Å². The van der Waals surface area contributed by atoms with Crippen LogP contribution in [0.2, 0.25) is 0 Å². The van der Waals surface area contributed by atoms with Gasteiger partial charge in [0.15, 0.2) is 5.67 Å². The van der Waals surface area contributed by atoms with Crippen LogP contribution in [0.25, 0.3) is 0 Å². The lowest BCUT2D eigenvalue weighted by Gasteiger charge is -2.27. The van der Waals surface area contributed by atoms with Gasteiger partial charge in [-0.1, -0.05) is 0 Å². The van der Waals surface area contributed by atoms with Crippen molar-refractivity contribution in [1.82, 2.24) is 0 Å². The van der Waals surface area contributed by atoms with E-state index < -0.39 is 12.6 Å². The Hall–Kier alpha value is 0.370. The van der Waals surface area contributed by atoms with Crippen LogP contribution in [0.1, 0.15) is 6.92 Å². The summed E-state index contributed by atoms with van der Waals surface area (Å²) in [6.07, 6.45) is 0. The first kappa shape index (κ1) is 8.47. The monoisotopic (exact) mass is 188 g/mol. The van der Waals surface area contributed by atoms with Gasteiger partial charge in [-0.15, -0.1) is 0 Å². The van der Waals surface area contributed by atoms with E-state index in [2.05, 4.69) is 9.05 Å². The average molecular weight is 189 g/mol. The van der Waals surface area contributed by atoms with Crippen LogP contribution in [0, 0.1) is 0 Å². The van der Waals surface area contributed by atoms with E-state index in [9.17, 15) is 8.96 Å². The molecule has 3 nitrogen and oxygen atoms in total. The molecule has 1 aliphatic rings. The zero-order chi connectivity index (χ0) is 7.83. The fourth-order valence-electron chi connectivity index (χ4n) is 0.502. The average Bonchev–Trinajstić information content (AvgIpc) is 1.79. The second-order valence-electron chi connectivity index (χ2n) is 2.39. The Labute approximate surface area is 62.8 Å². The topological polar surface area (TPSA) is 35.5 Å². The third-order valence-electron chi connectivity index (χ3n) is 1.04. The highest BCUT2D eigenvalue weighted by Crippen LogP contribution is 2.57. The number of hydrogen-bond donors (Lipinski definition) is 0. The molecule has 0 radical (unpaired) electrons. The van der Waals surface area contributed by atoms with Crippen LogP contribution < -0.4 is 0 Å². The van der Waals surface area contributed by atoms with E-state index in [0.29, 0.717) is 0 Å². The van der Waals surface area contributed by atoms with Crippen molar-refractivity contribution in [2.24, 2.45) is 0 Å². The van der Waals surface area contributed by atoms with Gasteiger partial charge in [-0.25, -0.2) is 8.96 Å². The second kappa shape index (κ2) is 2.45. The number of alkyl halides is 1. The lowest BCUT2D eigenvalue weighted by Crippen LogP contribution is -2.33. The Bertz CT molecular complexity index is 169. The van der Waals surface area contributed by atoms with Gasteiger partial charge in [0.05, 0.1) is 13.2 Å². The van der Waals surface area contributed by atoms with E-state index in [1.165, 1.54) is 6.92 Å². The zero-order valence-electron chi connectivity index (χ0n) is 5.34.